The summed E-state index contributed by atoms with van der Waals surface area (Å²) in [5.41, 5.74) is 0.847. The second-order valence-electron chi connectivity index (χ2n) is 7.97. The molecule has 2 amide bonds. The molecule has 0 saturated carbocycles. The molecule has 30 heavy (non-hydrogen) atoms. The van der Waals surface area contributed by atoms with E-state index in [1.807, 2.05) is 36.4 Å². The summed E-state index contributed by atoms with van der Waals surface area (Å²) in [4.78, 5) is 27.4. The van der Waals surface area contributed by atoms with Crippen molar-refractivity contribution in [2.75, 3.05) is 18.4 Å². The van der Waals surface area contributed by atoms with E-state index < -0.39 is 5.60 Å². The number of carbonyl (C=O) groups is 2. The third-order valence-corrected chi connectivity index (χ3v) is 6.29. The number of amides is 2. The largest absolute Gasteiger partial charge is 0.486 e. The lowest BCUT2D eigenvalue weighted by Crippen LogP contribution is -2.53. The highest BCUT2D eigenvalue weighted by molar-refractivity contribution is 6.30. The van der Waals surface area contributed by atoms with Crippen LogP contribution in [0.2, 0.25) is 5.02 Å². The van der Waals surface area contributed by atoms with E-state index >= 15 is 0 Å². The van der Waals surface area contributed by atoms with Crippen LogP contribution < -0.4 is 10.1 Å². The summed E-state index contributed by atoms with van der Waals surface area (Å²) < 4.78 is 6.40. The van der Waals surface area contributed by atoms with Gasteiger partial charge in [-0.3, -0.25) is 4.79 Å². The van der Waals surface area contributed by atoms with Gasteiger partial charge >= 0.3 is 6.03 Å². The van der Waals surface area contributed by atoms with E-state index in [-0.39, 0.29) is 11.8 Å². The molecule has 2 heterocycles. The van der Waals surface area contributed by atoms with E-state index in [2.05, 4.69) is 5.32 Å². The molecule has 0 aliphatic carbocycles. The first-order chi connectivity index (χ1) is 14.5. The number of urea groups is 1. The quantitative estimate of drug-likeness (QED) is 0.563. The Hall–Kier alpha value is -3.05. The zero-order chi connectivity index (χ0) is 20.7. The second-order valence-corrected chi connectivity index (χ2v) is 8.41. The predicted molar refractivity (Wildman–Crippen MR) is 118 cm³/mol. The van der Waals surface area contributed by atoms with E-state index in [1.54, 1.807) is 29.2 Å². The molecule has 1 spiro atoms. The van der Waals surface area contributed by atoms with Gasteiger partial charge in [-0.15, -0.1) is 0 Å². The maximum Gasteiger partial charge on any atom is 0.321 e. The number of anilines is 1. The number of nitrogens with zero attached hydrogens (tertiary/aromatic N) is 1. The smallest absolute Gasteiger partial charge is 0.321 e. The molecule has 0 bridgehead atoms. The Labute approximate surface area is 179 Å². The number of hydrogen-bond acceptors (Lipinski definition) is 3. The van der Waals surface area contributed by atoms with Crippen LogP contribution in [0.5, 0.6) is 5.75 Å². The highest BCUT2D eigenvalue weighted by Gasteiger charge is 2.44. The van der Waals surface area contributed by atoms with Crippen molar-refractivity contribution in [3.8, 4) is 5.75 Å². The molecule has 6 heteroatoms. The Morgan fingerprint density at radius 3 is 2.50 bits per heavy atom. The van der Waals surface area contributed by atoms with Crippen LogP contribution >= 0.6 is 11.6 Å². The molecule has 0 radical (unpaired) electrons. The van der Waals surface area contributed by atoms with Gasteiger partial charge < -0.3 is 15.0 Å². The fraction of sp³-hybridized carbons (Fsp3) is 0.250. The van der Waals surface area contributed by atoms with Gasteiger partial charge in [-0.1, -0.05) is 41.9 Å². The lowest BCUT2D eigenvalue weighted by molar-refractivity contribution is 0.000672. The Bertz CT molecular complexity index is 1130. The van der Waals surface area contributed by atoms with E-state index in [0.717, 1.165) is 10.8 Å². The number of nitrogens with one attached hydrogen (secondary N) is 1. The molecule has 2 aliphatic heterocycles. The van der Waals surface area contributed by atoms with Gasteiger partial charge in [-0.05, 0) is 41.1 Å². The first-order valence-electron chi connectivity index (χ1n) is 10.1. The maximum absolute atomic E-state index is 13.1. The first kappa shape index (κ1) is 18.9. The van der Waals surface area contributed by atoms with E-state index in [0.29, 0.717) is 54.4 Å². The summed E-state index contributed by atoms with van der Waals surface area (Å²) in [6, 6.07) is 18.7. The summed E-state index contributed by atoms with van der Waals surface area (Å²) in [6.07, 6.45) is 1.60. The topological polar surface area (TPSA) is 58.6 Å². The van der Waals surface area contributed by atoms with Gasteiger partial charge in [0.1, 0.15) is 11.4 Å². The molecule has 152 valence electrons. The molecule has 3 aromatic rings. The molecular weight excluding hydrogens is 400 g/mol. The number of likely N-dealkylation sites (tertiary alicyclic amines) is 1. The van der Waals surface area contributed by atoms with Crippen molar-refractivity contribution in [2.24, 2.45) is 0 Å². The minimum Gasteiger partial charge on any atom is -0.486 e. The van der Waals surface area contributed by atoms with Crippen LogP contribution in [0, 0.1) is 0 Å². The van der Waals surface area contributed by atoms with Crippen LogP contribution in [0.3, 0.4) is 0 Å². The van der Waals surface area contributed by atoms with E-state index in [1.165, 1.54) is 0 Å². The molecule has 1 saturated heterocycles. The van der Waals surface area contributed by atoms with Crippen LogP contribution in [-0.4, -0.2) is 35.4 Å². The highest BCUT2D eigenvalue weighted by atomic mass is 35.5. The van der Waals surface area contributed by atoms with Crippen LogP contribution in [-0.2, 0) is 0 Å². The third-order valence-electron chi connectivity index (χ3n) is 6.04. The predicted octanol–water partition coefficient (Wildman–Crippen LogP) is 5.53. The Kier molecular flexibility index (Phi) is 4.63. The molecule has 0 aromatic heterocycles. The van der Waals surface area contributed by atoms with Crippen LogP contribution in [0.15, 0.2) is 60.7 Å². The van der Waals surface area contributed by atoms with Crippen molar-refractivity contribution in [3.05, 3.63) is 71.2 Å². The van der Waals surface area contributed by atoms with Crippen LogP contribution in [0.1, 0.15) is 29.6 Å². The SMILES string of the molecule is O=C1CC2(CCN(C(=O)Nc3ccc(Cl)cc3)CC2)Oc2ccc3ccccc3c21. The molecule has 1 fully saturated rings. The van der Waals surface area contributed by atoms with Gasteiger partial charge in [0.25, 0.3) is 0 Å². The Balaban J connectivity index is 1.30. The summed E-state index contributed by atoms with van der Waals surface area (Å²) in [6.45, 7) is 1.07. The molecule has 0 atom stereocenters. The Morgan fingerprint density at radius 2 is 1.73 bits per heavy atom. The standard InChI is InChI=1S/C24H21ClN2O3/c25-17-6-8-18(9-7-17)26-23(29)27-13-11-24(12-14-27)15-20(28)22-19-4-2-1-3-16(19)5-10-21(22)30-24/h1-10H,11-15H2,(H,26,29). The summed E-state index contributed by atoms with van der Waals surface area (Å²) in [7, 11) is 0. The number of rotatable bonds is 1. The van der Waals surface area contributed by atoms with E-state index in [9.17, 15) is 9.59 Å². The lowest BCUT2D eigenvalue weighted by atomic mass is 9.81. The Morgan fingerprint density at radius 1 is 1.00 bits per heavy atom. The number of carbonyl (C=O) groups excluding carboxylic acids is 2. The van der Waals surface area contributed by atoms with E-state index in [4.69, 9.17) is 16.3 Å². The lowest BCUT2D eigenvalue weighted by Gasteiger charge is -2.44. The zero-order valence-corrected chi connectivity index (χ0v) is 17.1. The summed E-state index contributed by atoms with van der Waals surface area (Å²) >= 11 is 5.89. The van der Waals surface area contributed by atoms with Crippen molar-refractivity contribution >= 4 is 39.9 Å². The molecular formula is C24H21ClN2O3. The third kappa shape index (κ3) is 3.39. The number of Topliss-reactive ketones (excluding diaryl/α,β-unsaturated/α-hetero) is 1. The van der Waals surface area contributed by atoms with Crippen molar-refractivity contribution in [3.63, 3.8) is 0 Å². The molecule has 0 unspecified atom stereocenters. The fourth-order valence-corrected chi connectivity index (χ4v) is 4.53. The van der Waals surface area contributed by atoms with Gasteiger partial charge in [0.05, 0.1) is 12.0 Å². The number of hydrogen-bond donors (Lipinski definition) is 1. The average Bonchev–Trinajstić information content (AvgIpc) is 2.75. The van der Waals surface area contributed by atoms with Crippen molar-refractivity contribution in [1.29, 1.82) is 0 Å². The number of piperidine rings is 1. The van der Waals surface area contributed by atoms with Gasteiger partial charge in [0.2, 0.25) is 0 Å². The zero-order valence-electron chi connectivity index (χ0n) is 16.4. The molecule has 5 nitrogen and oxygen atoms in total. The van der Waals surface area contributed by atoms with Crippen molar-refractivity contribution < 1.29 is 14.3 Å². The number of halogens is 1. The molecule has 1 N–H and O–H groups in total. The normalized spacial score (nSPS) is 17.5. The van der Waals surface area contributed by atoms with Crippen LogP contribution in [0.25, 0.3) is 10.8 Å². The van der Waals surface area contributed by atoms with Gasteiger partial charge in [-0.25, -0.2) is 4.79 Å². The molecule has 2 aliphatic rings. The maximum atomic E-state index is 13.1. The number of ether oxygens (including phenoxy) is 1. The fourth-order valence-electron chi connectivity index (χ4n) is 4.41. The number of fused-ring (bicyclic) bond motifs is 3. The highest BCUT2D eigenvalue weighted by Crippen LogP contribution is 2.42. The van der Waals surface area contributed by atoms with Gasteiger partial charge in [0.15, 0.2) is 5.78 Å². The number of ketones is 1. The first-order valence-corrected chi connectivity index (χ1v) is 10.5. The minimum atomic E-state index is -0.538. The minimum absolute atomic E-state index is 0.118. The van der Waals surface area contributed by atoms with Crippen molar-refractivity contribution in [1.82, 2.24) is 4.90 Å². The number of benzene rings is 3. The monoisotopic (exact) mass is 420 g/mol. The molecule has 3 aromatic carbocycles. The van der Waals surface area contributed by atoms with Crippen molar-refractivity contribution in [2.45, 2.75) is 24.9 Å². The summed E-state index contributed by atoms with van der Waals surface area (Å²) in [5.74, 6) is 0.774. The average molecular weight is 421 g/mol. The van der Waals surface area contributed by atoms with Gasteiger partial charge in [0, 0.05) is 36.6 Å². The molecule has 5 rings (SSSR count). The van der Waals surface area contributed by atoms with Crippen LogP contribution in [0.4, 0.5) is 10.5 Å². The second kappa shape index (κ2) is 7.33. The summed E-state index contributed by atoms with van der Waals surface area (Å²) in [5, 5.41) is 5.50. The van der Waals surface area contributed by atoms with Gasteiger partial charge in [-0.2, -0.15) is 0 Å².